The van der Waals surface area contributed by atoms with Crippen LogP contribution < -0.4 is 10.2 Å². The molecule has 2 aliphatic rings. The van der Waals surface area contributed by atoms with Gasteiger partial charge in [-0.25, -0.2) is 0 Å². The molecule has 0 saturated carbocycles. The van der Waals surface area contributed by atoms with Crippen molar-refractivity contribution in [3.63, 3.8) is 0 Å². The van der Waals surface area contributed by atoms with Crippen LogP contribution in [0.2, 0.25) is 0 Å². The molecule has 0 radical (unpaired) electrons. The van der Waals surface area contributed by atoms with Crippen LogP contribution in [0.3, 0.4) is 0 Å². The number of hydrogen-bond acceptors (Lipinski definition) is 2. The van der Waals surface area contributed by atoms with Crippen LogP contribution in [0.4, 0.5) is 0 Å². The average Bonchev–Trinajstić information content (AvgIpc) is 2.98. The molecule has 0 bridgehead atoms. The summed E-state index contributed by atoms with van der Waals surface area (Å²) >= 11 is 0. The number of fused-ring (bicyclic) bond motifs is 2. The number of nitrogens with zero attached hydrogens (tertiary/aromatic N) is 2. The maximum absolute atomic E-state index is 12.9. The minimum atomic E-state index is -0.315. The fraction of sp³-hybridized carbons (Fsp3) is 0.514. The highest BCUT2D eigenvalue weighted by atomic mass is 16.1. The van der Waals surface area contributed by atoms with Gasteiger partial charge in [0.25, 0.3) is 0 Å². The third-order valence-corrected chi connectivity index (χ3v) is 10.7. The van der Waals surface area contributed by atoms with Crippen LogP contribution in [0.25, 0.3) is 22.2 Å². The van der Waals surface area contributed by atoms with Crippen molar-refractivity contribution < 1.29 is 19.8 Å². The Bertz CT molecular complexity index is 1500. The topological polar surface area (TPSA) is 107 Å². The summed E-state index contributed by atoms with van der Waals surface area (Å²) in [5.41, 5.74) is 37.3. The molecule has 2 aliphatic carbocycles. The number of ketones is 2. The molecule has 6 nitrogen and oxygen atoms in total. The second-order valence-electron chi connectivity index (χ2n) is 13.0. The molecule has 0 aromatic heterocycles. The largest absolute Gasteiger partial charge is 0.508 e. The van der Waals surface area contributed by atoms with Crippen molar-refractivity contribution in [2.45, 2.75) is 126 Å². The van der Waals surface area contributed by atoms with Crippen molar-refractivity contribution in [1.29, 1.82) is 0 Å². The Morgan fingerprint density at radius 3 is 1.23 bits per heavy atom. The highest BCUT2D eigenvalue weighted by molar-refractivity contribution is 6.08. The van der Waals surface area contributed by atoms with Gasteiger partial charge in [0, 0.05) is 49.0 Å². The van der Waals surface area contributed by atoms with E-state index in [9.17, 15) is 20.7 Å². The first-order valence-electron chi connectivity index (χ1n) is 15.8. The molecule has 2 atom stereocenters. The van der Waals surface area contributed by atoms with Gasteiger partial charge in [0.05, 0.1) is 0 Å². The zero-order valence-electron chi connectivity index (χ0n) is 27.8. The Morgan fingerprint density at radius 2 is 0.907 bits per heavy atom. The SMILES string of the molecule is CC1=C(C(C)[NH+]=[N-])c2c(C)c(C)c(CCCCCc3c(C)c(C)c4c(c3C)CC(=O)C(C)=C4C(C)[NH+]=[N-])c(C)c2CC1=O. The summed E-state index contributed by atoms with van der Waals surface area (Å²) in [4.78, 5) is 25.9. The van der Waals surface area contributed by atoms with E-state index >= 15 is 0 Å². The highest BCUT2D eigenvalue weighted by Gasteiger charge is 2.33. The Kier molecular flexibility index (Phi) is 9.48. The third-order valence-electron chi connectivity index (χ3n) is 10.7. The quantitative estimate of drug-likeness (QED) is 0.295. The van der Waals surface area contributed by atoms with E-state index in [1.807, 2.05) is 27.7 Å². The van der Waals surface area contributed by atoms with Crippen molar-refractivity contribution in [2.24, 2.45) is 0 Å². The summed E-state index contributed by atoms with van der Waals surface area (Å²) in [5, 5.41) is 4.74. The van der Waals surface area contributed by atoms with Crippen LogP contribution in [-0.2, 0) is 35.3 Å². The standard InChI is InChI=1S/C37H48N4O2/c1-18-20(3)36-30(16-32(42)24(7)34(36)26(9)40-38)22(5)28(18)14-12-11-13-15-29-19(2)21(4)37-31(23(29)6)17-33(43)25(8)35(37)27(10)41-39/h26-27,40-41H,11-17H2,1-10H3. The Hall–Kier alpha value is -3.54. The van der Waals surface area contributed by atoms with Crippen molar-refractivity contribution in [2.75, 3.05) is 0 Å². The molecular weight excluding hydrogens is 532 g/mol. The van der Waals surface area contributed by atoms with E-state index in [1.165, 1.54) is 44.5 Å². The number of Topliss-reactive ketones (excluding diaryl/α,β-unsaturated/α-hetero) is 2. The lowest BCUT2D eigenvalue weighted by atomic mass is 9.75. The summed E-state index contributed by atoms with van der Waals surface area (Å²) < 4.78 is 0. The first-order chi connectivity index (χ1) is 20.3. The van der Waals surface area contributed by atoms with Gasteiger partial charge >= 0.3 is 0 Å². The molecule has 2 aromatic carbocycles. The normalized spacial score (nSPS) is 16.3. The predicted octanol–water partition coefficient (Wildman–Crippen LogP) is 5.27. The van der Waals surface area contributed by atoms with E-state index in [-0.39, 0.29) is 23.7 Å². The second kappa shape index (κ2) is 12.6. The third kappa shape index (κ3) is 5.49. The van der Waals surface area contributed by atoms with E-state index in [0.29, 0.717) is 12.8 Å². The van der Waals surface area contributed by atoms with Crippen LogP contribution in [0.5, 0.6) is 0 Å². The molecular formula is C37H48N4O2. The number of unbranched alkanes of at least 4 members (excludes halogenated alkanes) is 2. The van der Waals surface area contributed by atoms with Gasteiger partial charge in [-0.15, -0.1) is 0 Å². The summed E-state index contributed by atoms with van der Waals surface area (Å²) in [6.45, 7) is 20.6. The lowest BCUT2D eigenvalue weighted by molar-refractivity contribution is -0.503. The van der Waals surface area contributed by atoms with Crippen LogP contribution >= 0.6 is 0 Å². The van der Waals surface area contributed by atoms with Gasteiger partial charge < -0.3 is 21.3 Å². The summed E-state index contributed by atoms with van der Waals surface area (Å²) in [6, 6.07) is -0.630. The lowest BCUT2D eigenvalue weighted by Gasteiger charge is -2.29. The lowest BCUT2D eigenvalue weighted by Crippen LogP contribution is -2.70. The number of carbonyl (C=O) groups excluding carboxylic acids is 2. The number of nitrogens with one attached hydrogen (secondary N) is 2. The fourth-order valence-electron chi connectivity index (χ4n) is 7.76. The molecule has 0 fully saturated rings. The van der Waals surface area contributed by atoms with E-state index in [4.69, 9.17) is 0 Å². The van der Waals surface area contributed by atoms with Crippen molar-refractivity contribution in [3.8, 4) is 0 Å². The van der Waals surface area contributed by atoms with Gasteiger partial charge in [-0.3, -0.25) is 9.59 Å². The number of allylic oxidation sites excluding steroid dienone is 2. The molecule has 228 valence electrons. The zero-order valence-corrected chi connectivity index (χ0v) is 27.8. The summed E-state index contributed by atoms with van der Waals surface area (Å²) in [5.74, 6) is 0.268. The first-order valence-corrected chi connectivity index (χ1v) is 15.8. The molecule has 6 heteroatoms. The molecule has 0 aliphatic heterocycles. The van der Waals surface area contributed by atoms with Crippen molar-refractivity contribution in [3.05, 3.63) is 89.0 Å². The molecule has 2 N–H and O–H groups in total. The van der Waals surface area contributed by atoms with Gasteiger partial charge in [-0.05, 0) is 148 Å². The maximum atomic E-state index is 12.9. The zero-order chi connectivity index (χ0) is 31.9. The molecule has 43 heavy (non-hydrogen) atoms. The van der Waals surface area contributed by atoms with Gasteiger partial charge in [0.2, 0.25) is 0 Å². The number of benzene rings is 2. The number of carbonyl (C=O) groups is 2. The Labute approximate surface area is 257 Å². The minimum Gasteiger partial charge on any atom is -0.508 e. The predicted molar refractivity (Wildman–Crippen MR) is 173 cm³/mol. The second-order valence-corrected chi connectivity index (χ2v) is 13.0. The van der Waals surface area contributed by atoms with E-state index in [1.54, 1.807) is 0 Å². The first kappa shape index (κ1) is 32.4. The molecule has 0 spiro atoms. The smallest absolute Gasteiger partial charge is 0.163 e. The Balaban J connectivity index is 1.54. The minimum absolute atomic E-state index is 0.134. The summed E-state index contributed by atoms with van der Waals surface area (Å²) in [7, 11) is 0. The molecule has 0 saturated heterocycles. The van der Waals surface area contributed by atoms with E-state index in [0.717, 1.165) is 76.7 Å². The van der Waals surface area contributed by atoms with Gasteiger partial charge in [-0.1, -0.05) is 6.42 Å². The average molecular weight is 581 g/mol. The maximum Gasteiger partial charge on any atom is 0.163 e. The van der Waals surface area contributed by atoms with Crippen LogP contribution in [0.15, 0.2) is 11.1 Å². The molecule has 4 rings (SSSR count). The number of hydrogen-bond donors (Lipinski definition) is 2. The molecule has 2 unspecified atom stereocenters. The molecule has 2 aromatic rings. The molecule has 0 amide bonds. The van der Waals surface area contributed by atoms with Gasteiger partial charge in [0.1, 0.15) is 0 Å². The molecule has 0 heterocycles. The van der Waals surface area contributed by atoms with E-state index in [2.05, 4.69) is 51.8 Å². The van der Waals surface area contributed by atoms with Crippen LogP contribution in [-0.4, -0.2) is 23.7 Å². The van der Waals surface area contributed by atoms with Crippen molar-refractivity contribution in [1.82, 2.24) is 0 Å². The Morgan fingerprint density at radius 1 is 0.558 bits per heavy atom. The van der Waals surface area contributed by atoms with E-state index < -0.39 is 0 Å². The number of rotatable bonds is 10. The van der Waals surface area contributed by atoms with Crippen LogP contribution in [0, 0.1) is 41.5 Å². The summed E-state index contributed by atoms with van der Waals surface area (Å²) in [6.07, 6.45) is 6.01. The van der Waals surface area contributed by atoms with Gasteiger partial charge in [-0.2, -0.15) is 0 Å². The van der Waals surface area contributed by atoms with Crippen molar-refractivity contribution >= 4 is 22.7 Å². The fourth-order valence-corrected chi connectivity index (χ4v) is 7.76. The van der Waals surface area contributed by atoms with Crippen LogP contribution in [0.1, 0.15) is 114 Å². The van der Waals surface area contributed by atoms with Gasteiger partial charge in [0.15, 0.2) is 23.7 Å². The monoisotopic (exact) mass is 580 g/mol. The highest BCUT2D eigenvalue weighted by Crippen LogP contribution is 2.40.